The third-order valence-electron chi connectivity index (χ3n) is 2.49. The Labute approximate surface area is 99.0 Å². The Morgan fingerprint density at radius 3 is 2.69 bits per heavy atom. The summed E-state index contributed by atoms with van der Waals surface area (Å²) in [4.78, 5) is 0. The fourth-order valence-corrected chi connectivity index (χ4v) is 1.99. The van der Waals surface area contributed by atoms with E-state index < -0.39 is 0 Å². The maximum Gasteiger partial charge on any atom is 0.0796 e. The summed E-state index contributed by atoms with van der Waals surface area (Å²) in [7, 11) is 1.82. The zero-order valence-corrected chi connectivity index (χ0v) is 9.94. The molecule has 5 heteroatoms. The van der Waals surface area contributed by atoms with Gasteiger partial charge in [0.15, 0.2) is 0 Å². The van der Waals surface area contributed by atoms with Gasteiger partial charge in [0.2, 0.25) is 0 Å². The summed E-state index contributed by atoms with van der Waals surface area (Å²) in [6, 6.07) is 5.53. The van der Waals surface area contributed by atoms with E-state index in [4.69, 9.17) is 17.3 Å². The molecule has 1 heterocycles. The highest BCUT2D eigenvalue weighted by atomic mass is 35.5. The van der Waals surface area contributed by atoms with Crippen molar-refractivity contribution < 1.29 is 0 Å². The lowest BCUT2D eigenvalue weighted by atomic mass is 10.0. The highest BCUT2D eigenvalue weighted by Gasteiger charge is 2.13. The predicted octanol–water partition coefficient (Wildman–Crippen LogP) is 1.83. The lowest BCUT2D eigenvalue weighted by molar-refractivity contribution is 0.651. The number of aryl methyl sites for hydroxylation is 2. The molecule has 1 aromatic heterocycles. The van der Waals surface area contributed by atoms with Crippen molar-refractivity contribution >= 4 is 11.6 Å². The van der Waals surface area contributed by atoms with Gasteiger partial charge in [-0.15, -0.1) is 5.10 Å². The predicted molar refractivity (Wildman–Crippen MR) is 63.2 cm³/mol. The Bertz CT molecular complexity index is 486. The quantitative estimate of drug-likeness (QED) is 0.866. The highest BCUT2D eigenvalue weighted by molar-refractivity contribution is 6.30. The Kier molecular flexibility index (Phi) is 2.94. The van der Waals surface area contributed by atoms with E-state index in [9.17, 15) is 0 Å². The van der Waals surface area contributed by atoms with Gasteiger partial charge in [-0.1, -0.05) is 22.9 Å². The third kappa shape index (κ3) is 2.08. The van der Waals surface area contributed by atoms with Crippen molar-refractivity contribution in [1.29, 1.82) is 0 Å². The molecular formula is C11H13ClN4. The van der Waals surface area contributed by atoms with E-state index >= 15 is 0 Å². The molecular weight excluding hydrogens is 224 g/mol. The largest absolute Gasteiger partial charge is 0.319 e. The van der Waals surface area contributed by atoms with Gasteiger partial charge in [-0.05, 0) is 30.2 Å². The molecule has 0 aliphatic rings. The van der Waals surface area contributed by atoms with E-state index in [1.165, 1.54) is 0 Å². The molecule has 0 saturated heterocycles. The average molecular weight is 237 g/mol. The van der Waals surface area contributed by atoms with Gasteiger partial charge in [-0.3, -0.25) is 4.68 Å². The molecule has 0 aliphatic carbocycles. The molecule has 0 radical (unpaired) electrons. The van der Waals surface area contributed by atoms with Crippen LogP contribution in [0.25, 0.3) is 0 Å². The van der Waals surface area contributed by atoms with Crippen LogP contribution in [-0.2, 0) is 7.05 Å². The first-order chi connectivity index (χ1) is 7.58. The van der Waals surface area contributed by atoms with E-state index in [0.29, 0.717) is 5.02 Å². The van der Waals surface area contributed by atoms with Crippen molar-refractivity contribution in [3.8, 4) is 0 Å². The summed E-state index contributed by atoms with van der Waals surface area (Å²) < 4.78 is 1.67. The van der Waals surface area contributed by atoms with E-state index in [1.807, 2.05) is 32.2 Å². The maximum atomic E-state index is 6.14. The second-order valence-corrected chi connectivity index (χ2v) is 4.26. The molecule has 0 spiro atoms. The Morgan fingerprint density at radius 2 is 2.12 bits per heavy atom. The first-order valence-corrected chi connectivity index (χ1v) is 5.33. The van der Waals surface area contributed by atoms with Gasteiger partial charge < -0.3 is 5.73 Å². The lowest BCUT2D eigenvalue weighted by Crippen LogP contribution is -2.16. The van der Waals surface area contributed by atoms with Crippen LogP contribution in [-0.4, -0.2) is 15.0 Å². The zero-order chi connectivity index (χ0) is 11.7. The van der Waals surface area contributed by atoms with E-state index in [1.54, 1.807) is 10.9 Å². The van der Waals surface area contributed by atoms with Crippen LogP contribution in [0.1, 0.15) is 22.9 Å². The molecule has 0 amide bonds. The molecule has 1 aromatic carbocycles. The summed E-state index contributed by atoms with van der Waals surface area (Å²) in [6.45, 7) is 1.99. The monoisotopic (exact) mass is 236 g/mol. The third-order valence-corrected chi connectivity index (χ3v) is 2.71. The first-order valence-electron chi connectivity index (χ1n) is 4.95. The number of hydrogen-bond acceptors (Lipinski definition) is 3. The van der Waals surface area contributed by atoms with Crippen molar-refractivity contribution in [3.05, 3.63) is 46.2 Å². The van der Waals surface area contributed by atoms with Crippen molar-refractivity contribution in [3.63, 3.8) is 0 Å². The van der Waals surface area contributed by atoms with Gasteiger partial charge >= 0.3 is 0 Å². The molecule has 2 N–H and O–H groups in total. The van der Waals surface area contributed by atoms with Crippen molar-refractivity contribution in [2.24, 2.45) is 12.8 Å². The summed E-state index contributed by atoms with van der Waals surface area (Å²) in [5.41, 5.74) is 9.06. The summed E-state index contributed by atoms with van der Waals surface area (Å²) in [6.07, 6.45) is 1.67. The van der Waals surface area contributed by atoms with Gasteiger partial charge in [0, 0.05) is 12.1 Å². The smallest absolute Gasteiger partial charge is 0.0796 e. The van der Waals surface area contributed by atoms with Crippen molar-refractivity contribution in [1.82, 2.24) is 15.0 Å². The standard InChI is InChI=1S/C11H13ClN4/c1-7-3-8(5-9(12)4-7)11(13)10-6-14-15-16(10)2/h3-6,11H,13H2,1-2H3. The number of rotatable bonds is 2. The Balaban J connectivity index is 2.41. The molecule has 1 unspecified atom stereocenters. The molecule has 2 aromatic rings. The van der Waals surface area contributed by atoms with Crippen LogP contribution in [0.5, 0.6) is 0 Å². The number of benzene rings is 1. The van der Waals surface area contributed by atoms with Crippen LogP contribution in [0, 0.1) is 6.92 Å². The van der Waals surface area contributed by atoms with Crippen LogP contribution in [0.3, 0.4) is 0 Å². The zero-order valence-electron chi connectivity index (χ0n) is 9.18. The van der Waals surface area contributed by atoms with Crippen molar-refractivity contribution in [2.75, 3.05) is 0 Å². The van der Waals surface area contributed by atoms with Gasteiger partial charge in [0.05, 0.1) is 17.9 Å². The fourth-order valence-electron chi connectivity index (χ4n) is 1.69. The molecule has 0 fully saturated rings. The molecule has 0 saturated carbocycles. The molecule has 0 aliphatic heterocycles. The number of aromatic nitrogens is 3. The minimum absolute atomic E-state index is 0.252. The SMILES string of the molecule is Cc1cc(Cl)cc(C(N)c2cnnn2C)c1. The van der Waals surface area contributed by atoms with E-state index in [0.717, 1.165) is 16.8 Å². The molecule has 16 heavy (non-hydrogen) atoms. The maximum absolute atomic E-state index is 6.14. The summed E-state index contributed by atoms with van der Waals surface area (Å²) >= 11 is 6.00. The van der Waals surface area contributed by atoms with Crippen LogP contribution >= 0.6 is 11.6 Å². The highest BCUT2D eigenvalue weighted by Crippen LogP contribution is 2.22. The van der Waals surface area contributed by atoms with E-state index in [2.05, 4.69) is 10.3 Å². The van der Waals surface area contributed by atoms with Gasteiger partial charge in [0.1, 0.15) is 0 Å². The molecule has 4 nitrogen and oxygen atoms in total. The van der Waals surface area contributed by atoms with Crippen LogP contribution < -0.4 is 5.73 Å². The number of nitrogens with zero attached hydrogens (tertiary/aromatic N) is 3. The Hall–Kier alpha value is -1.39. The molecule has 84 valence electrons. The second-order valence-electron chi connectivity index (χ2n) is 3.82. The van der Waals surface area contributed by atoms with Gasteiger partial charge in [-0.25, -0.2) is 0 Å². The minimum Gasteiger partial charge on any atom is -0.319 e. The number of hydrogen-bond donors (Lipinski definition) is 1. The Morgan fingerprint density at radius 1 is 1.38 bits per heavy atom. The summed E-state index contributed by atoms with van der Waals surface area (Å²) in [5, 5.41) is 8.37. The number of nitrogens with two attached hydrogens (primary N) is 1. The summed E-state index contributed by atoms with van der Waals surface area (Å²) in [5.74, 6) is 0. The van der Waals surface area contributed by atoms with Crippen LogP contribution in [0.4, 0.5) is 0 Å². The van der Waals surface area contributed by atoms with Gasteiger partial charge in [0.25, 0.3) is 0 Å². The number of halogens is 1. The minimum atomic E-state index is -0.252. The lowest BCUT2D eigenvalue weighted by Gasteiger charge is -2.12. The fraction of sp³-hybridized carbons (Fsp3) is 0.273. The van der Waals surface area contributed by atoms with Crippen LogP contribution in [0.2, 0.25) is 5.02 Å². The molecule has 2 rings (SSSR count). The van der Waals surface area contributed by atoms with Crippen molar-refractivity contribution in [2.45, 2.75) is 13.0 Å². The van der Waals surface area contributed by atoms with E-state index in [-0.39, 0.29) is 6.04 Å². The second kappa shape index (κ2) is 4.23. The topological polar surface area (TPSA) is 56.7 Å². The normalized spacial score (nSPS) is 12.8. The first kappa shape index (κ1) is 11.1. The van der Waals surface area contributed by atoms with Crippen LogP contribution in [0.15, 0.2) is 24.4 Å². The average Bonchev–Trinajstić information content (AvgIpc) is 2.62. The molecule has 1 atom stereocenters. The van der Waals surface area contributed by atoms with Gasteiger partial charge in [-0.2, -0.15) is 0 Å². The molecule has 0 bridgehead atoms.